The molecule has 0 atom stereocenters. The second-order valence-corrected chi connectivity index (χ2v) is 6.33. The number of carbonyl (C=O) groups excluding carboxylic acids is 2. The van der Waals surface area contributed by atoms with Crippen LogP contribution in [0.25, 0.3) is 0 Å². The van der Waals surface area contributed by atoms with Gasteiger partial charge in [0, 0.05) is 5.56 Å². The average Bonchev–Trinajstić information content (AvgIpc) is 2.64. The largest absolute Gasteiger partial charge is 0.493 e. The predicted molar refractivity (Wildman–Crippen MR) is 99.1 cm³/mol. The number of hydrogen-bond acceptors (Lipinski definition) is 4. The first-order valence-corrected chi connectivity index (χ1v) is 8.45. The Morgan fingerprint density at radius 1 is 0.885 bits per heavy atom. The zero-order valence-corrected chi connectivity index (χ0v) is 15.2. The van der Waals surface area contributed by atoms with Crippen molar-refractivity contribution in [2.24, 2.45) is 5.92 Å². The Morgan fingerprint density at radius 2 is 1.46 bits per heavy atom. The van der Waals surface area contributed by atoms with Gasteiger partial charge in [-0.15, -0.1) is 0 Å². The molecule has 0 fully saturated rings. The first-order valence-electron chi connectivity index (χ1n) is 8.45. The van der Waals surface area contributed by atoms with Crippen molar-refractivity contribution in [3.63, 3.8) is 0 Å². The van der Waals surface area contributed by atoms with Crippen molar-refractivity contribution in [3.8, 4) is 11.5 Å². The van der Waals surface area contributed by atoms with E-state index in [1.807, 2.05) is 19.1 Å². The maximum Gasteiger partial charge on any atom is 0.276 e. The Hall–Kier alpha value is -3.02. The fraction of sp³-hybridized carbons (Fsp3) is 0.300. The predicted octanol–water partition coefficient (Wildman–Crippen LogP) is 2.87. The summed E-state index contributed by atoms with van der Waals surface area (Å²) >= 11 is 0. The first-order chi connectivity index (χ1) is 12.4. The van der Waals surface area contributed by atoms with E-state index in [1.54, 1.807) is 36.4 Å². The molecule has 2 amide bonds. The molecule has 0 aliphatic carbocycles. The molecule has 0 spiro atoms. The Balaban J connectivity index is 1.74. The molecule has 2 aromatic rings. The van der Waals surface area contributed by atoms with Gasteiger partial charge in [-0.1, -0.05) is 31.5 Å². The lowest BCUT2D eigenvalue weighted by Crippen LogP contribution is -2.43. The third-order valence-electron chi connectivity index (χ3n) is 3.41. The lowest BCUT2D eigenvalue weighted by atomic mass is 10.2. The van der Waals surface area contributed by atoms with Crippen LogP contribution in [0.1, 0.15) is 29.8 Å². The molecule has 0 aromatic heterocycles. The van der Waals surface area contributed by atoms with Crippen molar-refractivity contribution in [1.82, 2.24) is 10.9 Å². The van der Waals surface area contributed by atoms with E-state index < -0.39 is 11.8 Å². The van der Waals surface area contributed by atoms with Crippen LogP contribution >= 0.6 is 0 Å². The molecule has 6 nitrogen and oxygen atoms in total. The number of carbonyl (C=O) groups is 2. The third-order valence-corrected chi connectivity index (χ3v) is 3.41. The fourth-order valence-corrected chi connectivity index (χ4v) is 1.98. The number of nitrogens with one attached hydrogen (secondary N) is 2. The molecule has 0 saturated carbocycles. The molecule has 2 N–H and O–H groups in total. The average molecular weight is 356 g/mol. The van der Waals surface area contributed by atoms with Crippen LogP contribution in [-0.4, -0.2) is 25.0 Å². The molecule has 0 unspecified atom stereocenters. The molecule has 138 valence electrons. The number of ether oxygens (including phenoxy) is 2. The number of amides is 2. The molecule has 26 heavy (non-hydrogen) atoms. The zero-order valence-electron chi connectivity index (χ0n) is 15.2. The standard InChI is InChI=1S/C20H24N2O4/c1-14(2)12-25-18-10-6-16(7-11-18)20(24)22-21-19(23)13-26-17-8-4-15(3)5-9-17/h4-11,14H,12-13H2,1-3H3,(H,21,23)(H,22,24). The van der Waals surface area contributed by atoms with Gasteiger partial charge in [0.1, 0.15) is 11.5 Å². The molecule has 6 heteroatoms. The van der Waals surface area contributed by atoms with Gasteiger partial charge in [-0.25, -0.2) is 0 Å². The first kappa shape index (κ1) is 19.3. The minimum atomic E-state index is -0.448. The molecule has 2 rings (SSSR count). The van der Waals surface area contributed by atoms with Gasteiger partial charge in [0.25, 0.3) is 11.8 Å². The Bertz CT molecular complexity index is 724. The van der Waals surface area contributed by atoms with Gasteiger partial charge >= 0.3 is 0 Å². The highest BCUT2D eigenvalue weighted by molar-refractivity contribution is 5.95. The summed E-state index contributed by atoms with van der Waals surface area (Å²) in [7, 11) is 0. The van der Waals surface area contributed by atoms with Crippen molar-refractivity contribution in [2.75, 3.05) is 13.2 Å². The number of aryl methyl sites for hydroxylation is 1. The second kappa shape index (κ2) is 9.46. The highest BCUT2D eigenvalue weighted by atomic mass is 16.5. The lowest BCUT2D eigenvalue weighted by molar-refractivity contribution is -0.123. The van der Waals surface area contributed by atoms with Crippen molar-refractivity contribution in [2.45, 2.75) is 20.8 Å². The van der Waals surface area contributed by atoms with E-state index in [9.17, 15) is 9.59 Å². The minimum Gasteiger partial charge on any atom is -0.493 e. The number of benzene rings is 2. The highest BCUT2D eigenvalue weighted by Crippen LogP contribution is 2.13. The van der Waals surface area contributed by atoms with Crippen LogP contribution in [0.3, 0.4) is 0 Å². The van der Waals surface area contributed by atoms with Gasteiger partial charge in [0.2, 0.25) is 0 Å². The van der Waals surface area contributed by atoms with Crippen LogP contribution < -0.4 is 20.3 Å². The van der Waals surface area contributed by atoms with E-state index in [4.69, 9.17) is 9.47 Å². The topological polar surface area (TPSA) is 76.7 Å². The molecular formula is C20H24N2O4. The number of hydrazine groups is 1. The van der Waals surface area contributed by atoms with E-state index in [-0.39, 0.29) is 6.61 Å². The highest BCUT2D eigenvalue weighted by Gasteiger charge is 2.08. The van der Waals surface area contributed by atoms with Gasteiger partial charge in [-0.3, -0.25) is 20.4 Å². The van der Waals surface area contributed by atoms with E-state index in [0.717, 1.165) is 5.56 Å². The fourth-order valence-electron chi connectivity index (χ4n) is 1.98. The molecule has 0 bridgehead atoms. The smallest absolute Gasteiger partial charge is 0.276 e. The van der Waals surface area contributed by atoms with Crippen LogP contribution in [-0.2, 0) is 4.79 Å². The zero-order chi connectivity index (χ0) is 18.9. The van der Waals surface area contributed by atoms with Crippen LogP contribution in [0.15, 0.2) is 48.5 Å². The van der Waals surface area contributed by atoms with E-state index in [2.05, 4.69) is 24.7 Å². The normalized spacial score (nSPS) is 10.3. The van der Waals surface area contributed by atoms with Crippen LogP contribution in [0.2, 0.25) is 0 Å². The van der Waals surface area contributed by atoms with Gasteiger partial charge in [-0.05, 0) is 49.2 Å². The summed E-state index contributed by atoms with van der Waals surface area (Å²) in [5.41, 5.74) is 6.20. The van der Waals surface area contributed by atoms with Crippen molar-refractivity contribution in [3.05, 3.63) is 59.7 Å². The summed E-state index contributed by atoms with van der Waals surface area (Å²) in [6.07, 6.45) is 0. The van der Waals surface area contributed by atoms with Crippen molar-refractivity contribution in [1.29, 1.82) is 0 Å². The Kier molecular flexibility index (Phi) is 7.02. The molecular weight excluding hydrogens is 332 g/mol. The van der Waals surface area contributed by atoms with Gasteiger partial charge in [0.05, 0.1) is 6.61 Å². The molecule has 2 aromatic carbocycles. The third kappa shape index (κ3) is 6.47. The monoisotopic (exact) mass is 356 g/mol. The summed E-state index contributed by atoms with van der Waals surface area (Å²) in [5.74, 6) is 0.857. The Morgan fingerprint density at radius 3 is 2.08 bits per heavy atom. The van der Waals surface area contributed by atoms with E-state index >= 15 is 0 Å². The van der Waals surface area contributed by atoms with Crippen molar-refractivity contribution >= 4 is 11.8 Å². The lowest BCUT2D eigenvalue weighted by Gasteiger charge is -2.10. The minimum absolute atomic E-state index is 0.189. The van der Waals surface area contributed by atoms with Crippen molar-refractivity contribution < 1.29 is 19.1 Å². The number of rotatable bonds is 7. The molecule has 0 heterocycles. The van der Waals surface area contributed by atoms with Crippen LogP contribution in [0.4, 0.5) is 0 Å². The second-order valence-electron chi connectivity index (χ2n) is 6.33. The Labute approximate surface area is 153 Å². The molecule has 0 aliphatic rings. The maximum atomic E-state index is 12.0. The van der Waals surface area contributed by atoms with Gasteiger partial charge < -0.3 is 9.47 Å². The van der Waals surface area contributed by atoms with Gasteiger partial charge in [0.15, 0.2) is 6.61 Å². The number of hydrogen-bond donors (Lipinski definition) is 2. The van der Waals surface area contributed by atoms with Gasteiger partial charge in [-0.2, -0.15) is 0 Å². The quantitative estimate of drug-likeness (QED) is 0.748. The summed E-state index contributed by atoms with van der Waals surface area (Å²) in [4.78, 5) is 23.8. The summed E-state index contributed by atoms with van der Waals surface area (Å²) in [6, 6.07) is 14.1. The molecule has 0 radical (unpaired) electrons. The summed E-state index contributed by atoms with van der Waals surface area (Å²) in [5, 5.41) is 0. The summed E-state index contributed by atoms with van der Waals surface area (Å²) < 4.78 is 10.9. The van der Waals surface area contributed by atoms with E-state index in [0.29, 0.717) is 29.6 Å². The van der Waals surface area contributed by atoms with Crippen LogP contribution in [0, 0.1) is 12.8 Å². The SMILES string of the molecule is Cc1ccc(OCC(=O)NNC(=O)c2ccc(OCC(C)C)cc2)cc1. The molecule has 0 aliphatic heterocycles. The molecule has 0 saturated heterocycles. The van der Waals surface area contributed by atoms with Crippen LogP contribution in [0.5, 0.6) is 11.5 Å². The summed E-state index contributed by atoms with van der Waals surface area (Å²) in [6.45, 7) is 6.52. The van der Waals surface area contributed by atoms with E-state index in [1.165, 1.54) is 0 Å². The maximum absolute atomic E-state index is 12.0.